The quantitative estimate of drug-likeness (QED) is 0.399. The Balaban J connectivity index is 2.22. The minimum Gasteiger partial charge on any atom is -0.308 e. The third kappa shape index (κ3) is 3.01. The highest BCUT2D eigenvalue weighted by atomic mass is 32.2. The molecule has 102 valence electrons. The maximum Gasteiger partial charge on any atom is 0.241 e. The fourth-order valence-electron chi connectivity index (χ4n) is 1.36. The second kappa shape index (κ2) is 5.26. The van der Waals surface area contributed by atoms with E-state index in [2.05, 4.69) is 35.8 Å². The first kappa shape index (κ1) is 13.3. The lowest BCUT2D eigenvalue weighted by Crippen LogP contribution is -2.27. The number of sulfonamides is 1. The summed E-state index contributed by atoms with van der Waals surface area (Å²) in [5, 5.41) is 13.0. The van der Waals surface area contributed by atoms with Gasteiger partial charge in [0.1, 0.15) is 5.82 Å². The summed E-state index contributed by atoms with van der Waals surface area (Å²) in [6, 6.07) is 2.04. The molecule has 10 nitrogen and oxygen atoms in total. The third-order valence-corrected chi connectivity index (χ3v) is 3.81. The summed E-state index contributed by atoms with van der Waals surface area (Å²) in [5.74, 6) is 5.67. The second-order valence-electron chi connectivity index (χ2n) is 3.63. The maximum absolute atomic E-state index is 12.1. The number of hydrogen-bond acceptors (Lipinski definition) is 8. The summed E-state index contributed by atoms with van der Waals surface area (Å²) in [6.07, 6.45) is 1.34. The van der Waals surface area contributed by atoms with Gasteiger partial charge in [0, 0.05) is 12.3 Å². The van der Waals surface area contributed by atoms with Gasteiger partial charge in [0.05, 0.1) is 10.9 Å². The SMILES string of the molecule is CC(NS(=O)(=O)c1ccnc(NN)c1)c1nn[nH]n1. The van der Waals surface area contributed by atoms with Crippen LogP contribution in [-0.4, -0.2) is 34.0 Å². The van der Waals surface area contributed by atoms with Crippen molar-refractivity contribution >= 4 is 15.8 Å². The van der Waals surface area contributed by atoms with Crippen LogP contribution in [0, 0.1) is 0 Å². The number of hydrazine groups is 1. The van der Waals surface area contributed by atoms with Gasteiger partial charge in [-0.1, -0.05) is 5.21 Å². The molecule has 0 aliphatic rings. The van der Waals surface area contributed by atoms with Crippen molar-refractivity contribution < 1.29 is 8.42 Å². The van der Waals surface area contributed by atoms with Crippen LogP contribution < -0.4 is 16.0 Å². The molecule has 0 aliphatic carbocycles. The van der Waals surface area contributed by atoms with Gasteiger partial charge in [-0.3, -0.25) is 0 Å². The first-order chi connectivity index (χ1) is 9.03. The summed E-state index contributed by atoms with van der Waals surface area (Å²) in [6.45, 7) is 1.60. The van der Waals surface area contributed by atoms with Crippen LogP contribution in [0.1, 0.15) is 18.8 Å². The average molecular weight is 284 g/mol. The average Bonchev–Trinajstić information content (AvgIpc) is 2.92. The van der Waals surface area contributed by atoms with Crippen LogP contribution >= 0.6 is 0 Å². The molecule has 0 radical (unpaired) electrons. The molecule has 1 atom stereocenters. The minimum atomic E-state index is -3.73. The number of nitrogens with one attached hydrogen (secondary N) is 3. The van der Waals surface area contributed by atoms with Gasteiger partial charge in [-0.05, 0) is 13.0 Å². The Bertz CT molecular complexity index is 641. The van der Waals surface area contributed by atoms with E-state index in [1.165, 1.54) is 18.3 Å². The van der Waals surface area contributed by atoms with E-state index < -0.39 is 16.1 Å². The predicted octanol–water partition coefficient (Wildman–Crippen LogP) is -1.08. The number of nitrogens with zero attached hydrogens (tertiary/aromatic N) is 4. The predicted molar refractivity (Wildman–Crippen MR) is 65.0 cm³/mol. The van der Waals surface area contributed by atoms with Crippen molar-refractivity contribution in [2.75, 3.05) is 5.43 Å². The summed E-state index contributed by atoms with van der Waals surface area (Å²) < 4.78 is 26.6. The smallest absolute Gasteiger partial charge is 0.241 e. The number of pyridine rings is 1. The molecule has 0 fully saturated rings. The van der Waals surface area contributed by atoms with Gasteiger partial charge in [-0.15, -0.1) is 10.2 Å². The number of nitrogens with two attached hydrogens (primary N) is 1. The van der Waals surface area contributed by atoms with E-state index in [9.17, 15) is 8.42 Å². The highest BCUT2D eigenvalue weighted by Gasteiger charge is 2.21. The van der Waals surface area contributed by atoms with Crippen molar-refractivity contribution in [3.63, 3.8) is 0 Å². The normalized spacial score (nSPS) is 13.2. The molecule has 2 aromatic rings. The van der Waals surface area contributed by atoms with Crippen LogP contribution in [0.5, 0.6) is 0 Å². The number of aromatic amines is 1. The zero-order chi connectivity index (χ0) is 13.9. The van der Waals surface area contributed by atoms with E-state index in [1.54, 1.807) is 6.92 Å². The second-order valence-corrected chi connectivity index (χ2v) is 5.35. The van der Waals surface area contributed by atoms with Crippen molar-refractivity contribution in [3.05, 3.63) is 24.2 Å². The standard InChI is InChI=1S/C8H12N8O2S/c1-5(8-12-15-16-13-8)14-19(17,18)6-2-3-10-7(4-6)11-9/h2-5,14H,9H2,1H3,(H,10,11)(H,12,13,15,16). The highest BCUT2D eigenvalue weighted by molar-refractivity contribution is 7.89. The van der Waals surface area contributed by atoms with Crippen molar-refractivity contribution in [2.24, 2.45) is 5.84 Å². The van der Waals surface area contributed by atoms with E-state index in [0.717, 1.165) is 0 Å². The molecular formula is C8H12N8O2S. The van der Waals surface area contributed by atoms with E-state index in [1.807, 2.05) is 0 Å². The summed E-state index contributed by atoms with van der Waals surface area (Å²) in [4.78, 5) is 3.87. The van der Waals surface area contributed by atoms with Crippen LogP contribution in [0.15, 0.2) is 23.2 Å². The van der Waals surface area contributed by atoms with Crippen LogP contribution in [0.3, 0.4) is 0 Å². The molecule has 1 unspecified atom stereocenters. The van der Waals surface area contributed by atoms with Crippen molar-refractivity contribution in [1.82, 2.24) is 30.3 Å². The first-order valence-electron chi connectivity index (χ1n) is 5.21. The third-order valence-electron chi connectivity index (χ3n) is 2.27. The van der Waals surface area contributed by atoms with Crippen LogP contribution in [0.2, 0.25) is 0 Å². The molecule has 0 bridgehead atoms. The molecule has 0 spiro atoms. The number of tetrazole rings is 1. The molecule has 19 heavy (non-hydrogen) atoms. The monoisotopic (exact) mass is 284 g/mol. The molecule has 0 aromatic carbocycles. The van der Waals surface area contributed by atoms with Gasteiger partial charge in [-0.25, -0.2) is 24.0 Å². The zero-order valence-corrected chi connectivity index (χ0v) is 10.7. The Kier molecular flexibility index (Phi) is 3.69. The van der Waals surface area contributed by atoms with E-state index in [4.69, 9.17) is 5.84 Å². The molecule has 5 N–H and O–H groups in total. The Morgan fingerprint density at radius 3 is 2.89 bits per heavy atom. The zero-order valence-electron chi connectivity index (χ0n) is 9.90. The van der Waals surface area contributed by atoms with Gasteiger partial charge >= 0.3 is 0 Å². The minimum absolute atomic E-state index is 0.0331. The molecule has 2 aromatic heterocycles. The number of aromatic nitrogens is 5. The van der Waals surface area contributed by atoms with Gasteiger partial charge < -0.3 is 5.43 Å². The van der Waals surface area contributed by atoms with Gasteiger partial charge in [-0.2, -0.15) is 5.21 Å². The van der Waals surface area contributed by atoms with Crippen LogP contribution in [0.4, 0.5) is 5.82 Å². The van der Waals surface area contributed by atoms with E-state index in [0.29, 0.717) is 0 Å². The molecule has 2 heterocycles. The van der Waals surface area contributed by atoms with Crippen LogP contribution in [-0.2, 0) is 10.0 Å². The van der Waals surface area contributed by atoms with Crippen molar-refractivity contribution in [2.45, 2.75) is 17.9 Å². The lowest BCUT2D eigenvalue weighted by atomic mass is 10.4. The molecule has 0 aliphatic heterocycles. The number of nitrogen functional groups attached to an aromatic ring is 1. The summed E-state index contributed by atoms with van der Waals surface area (Å²) in [5.41, 5.74) is 2.28. The summed E-state index contributed by atoms with van der Waals surface area (Å²) >= 11 is 0. The number of anilines is 1. The number of rotatable bonds is 5. The Morgan fingerprint density at radius 2 is 2.26 bits per heavy atom. The highest BCUT2D eigenvalue weighted by Crippen LogP contribution is 2.15. The van der Waals surface area contributed by atoms with Gasteiger partial charge in [0.25, 0.3) is 0 Å². The fourth-order valence-corrected chi connectivity index (χ4v) is 2.58. The van der Waals surface area contributed by atoms with Gasteiger partial charge in [0.2, 0.25) is 10.0 Å². The molecule has 2 rings (SSSR count). The molecule has 0 amide bonds. The maximum atomic E-state index is 12.1. The van der Waals surface area contributed by atoms with E-state index >= 15 is 0 Å². The molecular weight excluding hydrogens is 272 g/mol. The van der Waals surface area contributed by atoms with Crippen molar-refractivity contribution in [3.8, 4) is 0 Å². The summed E-state index contributed by atoms with van der Waals surface area (Å²) in [7, 11) is -3.73. The molecule has 0 saturated heterocycles. The van der Waals surface area contributed by atoms with Crippen LogP contribution in [0.25, 0.3) is 0 Å². The Hall–Kier alpha value is -2.11. The van der Waals surface area contributed by atoms with E-state index in [-0.39, 0.29) is 16.5 Å². The van der Waals surface area contributed by atoms with Crippen molar-refractivity contribution in [1.29, 1.82) is 0 Å². The largest absolute Gasteiger partial charge is 0.308 e. The van der Waals surface area contributed by atoms with Gasteiger partial charge in [0.15, 0.2) is 5.82 Å². The first-order valence-corrected chi connectivity index (χ1v) is 6.69. The number of H-pyrrole nitrogens is 1. The number of hydrogen-bond donors (Lipinski definition) is 4. The topological polar surface area (TPSA) is 152 Å². The molecule has 0 saturated carbocycles. The Labute approximate surface area is 108 Å². The lowest BCUT2D eigenvalue weighted by Gasteiger charge is -2.11. The molecule has 11 heteroatoms. The Morgan fingerprint density at radius 1 is 1.47 bits per heavy atom. The lowest BCUT2D eigenvalue weighted by molar-refractivity contribution is 0.560. The fraction of sp³-hybridized carbons (Fsp3) is 0.250.